The molecule has 0 saturated carbocycles. The Morgan fingerprint density at radius 1 is 0.355 bits per heavy atom. The summed E-state index contributed by atoms with van der Waals surface area (Å²) in [6.07, 6.45) is 0. The summed E-state index contributed by atoms with van der Waals surface area (Å²) in [4.78, 5) is 2.43. The zero-order valence-electron chi connectivity index (χ0n) is 42.2. The van der Waals surface area contributed by atoms with Gasteiger partial charge in [0.2, 0.25) is 0 Å². The third-order valence-corrected chi connectivity index (χ3v) is 16.2. The fraction of sp³-hybridized carbons (Fsp3) is 0.0411. The quantitative estimate of drug-likeness (QED) is 0.151. The predicted molar refractivity (Wildman–Crippen MR) is 320 cm³/mol. The Bertz CT molecular complexity index is 4560. The second kappa shape index (κ2) is 17.2. The van der Waals surface area contributed by atoms with Crippen molar-refractivity contribution < 1.29 is 4.42 Å². The molecule has 2 aromatic heterocycles. The minimum atomic E-state index is -0.165. The van der Waals surface area contributed by atoms with E-state index in [1.165, 1.54) is 82.8 Å². The molecule has 1 aliphatic carbocycles. The SMILES string of the molecule is CC1(C)c2ccccc2-c2c(N(c3ccc(-c4ccc(-c5ccc(-c6ccc7c(c6)c6ccccc6n7-c6ccccc6)cc5)cc4)cc3)c3cccc4c3oc3c(-c5ccccc5)cc5ccccc5c34)cccc21. The first kappa shape index (κ1) is 43.8. The van der Waals surface area contributed by atoms with Crippen molar-refractivity contribution in [3.8, 4) is 61.3 Å². The van der Waals surface area contributed by atoms with Gasteiger partial charge in [-0.3, -0.25) is 0 Å². The number of fused-ring (bicyclic) bond motifs is 11. The molecule has 0 unspecified atom stereocenters. The van der Waals surface area contributed by atoms with E-state index in [-0.39, 0.29) is 5.41 Å². The van der Waals surface area contributed by atoms with Gasteiger partial charge in [0.25, 0.3) is 0 Å². The topological polar surface area (TPSA) is 21.3 Å². The molecule has 0 radical (unpaired) electrons. The number of para-hydroxylation sites is 3. The zero-order valence-corrected chi connectivity index (χ0v) is 42.2. The van der Waals surface area contributed by atoms with Crippen molar-refractivity contribution in [3.63, 3.8) is 0 Å². The van der Waals surface area contributed by atoms with Crippen LogP contribution < -0.4 is 4.90 Å². The van der Waals surface area contributed by atoms with Crippen LogP contribution in [-0.2, 0) is 5.41 Å². The molecular weight excluding hydrogens is 921 g/mol. The number of rotatable bonds is 8. The molecule has 0 N–H and O–H groups in total. The highest BCUT2D eigenvalue weighted by Gasteiger charge is 2.38. The van der Waals surface area contributed by atoms with Crippen molar-refractivity contribution in [2.45, 2.75) is 19.3 Å². The van der Waals surface area contributed by atoms with E-state index in [9.17, 15) is 0 Å². The Balaban J connectivity index is 0.800. The molecule has 12 aromatic carbocycles. The first-order valence-electron chi connectivity index (χ1n) is 26.3. The summed E-state index contributed by atoms with van der Waals surface area (Å²) < 4.78 is 9.67. The highest BCUT2D eigenvalue weighted by molar-refractivity contribution is 6.24. The maximum Gasteiger partial charge on any atom is 0.159 e. The molecule has 0 amide bonds. The lowest BCUT2D eigenvalue weighted by molar-refractivity contribution is 0.660. The fourth-order valence-electron chi connectivity index (χ4n) is 12.5. The minimum absolute atomic E-state index is 0.165. The molecule has 76 heavy (non-hydrogen) atoms. The van der Waals surface area contributed by atoms with E-state index in [0.29, 0.717) is 0 Å². The van der Waals surface area contributed by atoms with E-state index in [1.54, 1.807) is 0 Å². The van der Waals surface area contributed by atoms with Crippen molar-refractivity contribution in [2.75, 3.05) is 4.90 Å². The number of nitrogens with zero attached hydrogens (tertiary/aromatic N) is 2. The summed E-state index contributed by atoms with van der Waals surface area (Å²) in [6, 6.07) is 97.3. The average molecular weight is 971 g/mol. The fourth-order valence-corrected chi connectivity index (χ4v) is 12.5. The van der Waals surface area contributed by atoms with Crippen LogP contribution in [0.4, 0.5) is 17.1 Å². The van der Waals surface area contributed by atoms with Gasteiger partial charge in [0.1, 0.15) is 5.58 Å². The van der Waals surface area contributed by atoms with Crippen molar-refractivity contribution >= 4 is 71.6 Å². The zero-order chi connectivity index (χ0) is 50.5. The summed E-state index contributed by atoms with van der Waals surface area (Å²) in [7, 11) is 0. The highest BCUT2D eigenvalue weighted by atomic mass is 16.3. The minimum Gasteiger partial charge on any atom is -0.453 e. The second-order valence-electron chi connectivity index (χ2n) is 20.8. The van der Waals surface area contributed by atoms with E-state index in [1.807, 2.05) is 0 Å². The summed E-state index contributed by atoms with van der Waals surface area (Å²) >= 11 is 0. The molecule has 0 aliphatic heterocycles. The van der Waals surface area contributed by atoms with Crippen LogP contribution in [0.2, 0.25) is 0 Å². The largest absolute Gasteiger partial charge is 0.453 e. The van der Waals surface area contributed by atoms with E-state index in [2.05, 4.69) is 290 Å². The van der Waals surface area contributed by atoms with Gasteiger partial charge in [-0.15, -0.1) is 0 Å². The summed E-state index contributed by atoms with van der Waals surface area (Å²) in [5.41, 5.74) is 22.9. The van der Waals surface area contributed by atoms with Crippen LogP contribution >= 0.6 is 0 Å². The lowest BCUT2D eigenvalue weighted by atomic mass is 9.82. The smallest absolute Gasteiger partial charge is 0.159 e. The predicted octanol–water partition coefficient (Wildman–Crippen LogP) is 20.3. The third-order valence-electron chi connectivity index (χ3n) is 16.2. The Hall–Kier alpha value is -9.70. The summed E-state index contributed by atoms with van der Waals surface area (Å²) in [6.45, 7) is 4.70. The number of hydrogen-bond donors (Lipinski definition) is 0. The van der Waals surface area contributed by atoms with Crippen LogP contribution in [0.1, 0.15) is 25.0 Å². The van der Waals surface area contributed by atoms with Gasteiger partial charge >= 0.3 is 0 Å². The van der Waals surface area contributed by atoms with Crippen molar-refractivity contribution in [2.24, 2.45) is 0 Å². The maximum absolute atomic E-state index is 7.30. The monoisotopic (exact) mass is 970 g/mol. The maximum atomic E-state index is 7.30. The average Bonchev–Trinajstić information content (AvgIpc) is 4.25. The molecule has 358 valence electrons. The van der Waals surface area contributed by atoms with Crippen LogP contribution in [0.15, 0.2) is 271 Å². The van der Waals surface area contributed by atoms with Gasteiger partial charge in [0, 0.05) is 49.5 Å². The third kappa shape index (κ3) is 6.82. The van der Waals surface area contributed by atoms with Crippen LogP contribution in [-0.4, -0.2) is 4.57 Å². The van der Waals surface area contributed by atoms with Crippen molar-refractivity contribution in [1.29, 1.82) is 0 Å². The van der Waals surface area contributed by atoms with Gasteiger partial charge in [0.15, 0.2) is 5.58 Å². The first-order chi connectivity index (χ1) is 37.5. The molecule has 1 aliphatic rings. The molecule has 0 bridgehead atoms. The van der Waals surface area contributed by atoms with E-state index in [4.69, 9.17) is 4.42 Å². The number of anilines is 3. The highest BCUT2D eigenvalue weighted by Crippen LogP contribution is 2.55. The van der Waals surface area contributed by atoms with E-state index < -0.39 is 0 Å². The standard InChI is InChI=1S/C73H50N2O/c1-73(2)63-26-13-11-24-59(63)70-64(73)27-16-29-67(70)75(68-30-15-25-60-69-57-22-10-9-19-54(57)46-61(72(69)76-71(60)68)52-17-5-3-6-18-52)56-42-39-50(40-43-56)49-33-31-47(32-34-49)48-35-37-51(38-36-48)53-41-44-66-62(45-53)58-23-12-14-28-65(58)74(66)55-20-7-4-8-21-55/h3-46H,1-2H3. The molecule has 0 atom stereocenters. The Morgan fingerprint density at radius 2 is 0.895 bits per heavy atom. The van der Waals surface area contributed by atoms with Crippen molar-refractivity contribution in [1.82, 2.24) is 4.57 Å². The van der Waals surface area contributed by atoms with Gasteiger partial charge in [-0.2, -0.15) is 0 Å². The lowest BCUT2D eigenvalue weighted by Crippen LogP contribution is -2.16. The number of furan rings is 1. The van der Waals surface area contributed by atoms with Crippen molar-refractivity contribution in [3.05, 3.63) is 278 Å². The van der Waals surface area contributed by atoms with E-state index >= 15 is 0 Å². The number of benzene rings is 12. The van der Waals surface area contributed by atoms with Gasteiger partial charge in [-0.25, -0.2) is 0 Å². The number of aromatic nitrogens is 1. The van der Waals surface area contributed by atoms with Gasteiger partial charge < -0.3 is 13.9 Å². The molecule has 0 fully saturated rings. The number of hydrogen-bond acceptors (Lipinski definition) is 2. The Morgan fingerprint density at radius 3 is 1.63 bits per heavy atom. The van der Waals surface area contributed by atoms with Crippen LogP contribution in [0.5, 0.6) is 0 Å². The summed E-state index contributed by atoms with van der Waals surface area (Å²) in [5.74, 6) is 0. The van der Waals surface area contributed by atoms with Crippen LogP contribution in [0.25, 0.3) is 116 Å². The lowest BCUT2D eigenvalue weighted by Gasteiger charge is -2.29. The van der Waals surface area contributed by atoms with E-state index in [0.717, 1.165) is 61.3 Å². The first-order valence-corrected chi connectivity index (χ1v) is 26.3. The normalized spacial score (nSPS) is 12.7. The van der Waals surface area contributed by atoms with Gasteiger partial charge in [0.05, 0.1) is 22.4 Å². The molecule has 14 aromatic rings. The van der Waals surface area contributed by atoms with Crippen LogP contribution in [0.3, 0.4) is 0 Å². The molecule has 15 rings (SSSR count). The Labute approximate surface area is 441 Å². The molecule has 0 spiro atoms. The van der Waals surface area contributed by atoms with Gasteiger partial charge in [-0.1, -0.05) is 220 Å². The Kier molecular flexibility index (Phi) is 9.92. The molecule has 3 heteroatoms. The molecular formula is C73H50N2O. The van der Waals surface area contributed by atoms with Gasteiger partial charge in [-0.05, 0) is 127 Å². The molecule has 3 nitrogen and oxygen atoms in total. The van der Waals surface area contributed by atoms with Crippen LogP contribution in [0, 0.1) is 0 Å². The molecule has 0 saturated heterocycles. The molecule has 2 heterocycles. The summed E-state index contributed by atoms with van der Waals surface area (Å²) in [5, 5.41) is 7.11. The second-order valence-corrected chi connectivity index (χ2v) is 20.8.